The molecule has 4 aliphatic carbocycles. The maximum Gasteiger partial charge on any atom is 0.321 e. The molecule has 6 rings (SSSR count). The van der Waals surface area contributed by atoms with Gasteiger partial charge in [0.05, 0.1) is 5.75 Å². The van der Waals surface area contributed by atoms with E-state index in [-0.39, 0.29) is 23.2 Å². The van der Waals surface area contributed by atoms with Gasteiger partial charge in [-0.2, -0.15) is 0 Å². The predicted molar refractivity (Wildman–Crippen MR) is 129 cm³/mol. The number of rotatable bonds is 7. The molecule has 1 heterocycles. The number of amides is 3. The largest absolute Gasteiger partial charge is 0.332 e. The smallest absolute Gasteiger partial charge is 0.321 e. The number of carbonyl (C=O) groups is 2. The van der Waals surface area contributed by atoms with Crippen LogP contribution in [0.4, 0.5) is 4.79 Å². The van der Waals surface area contributed by atoms with Gasteiger partial charge >= 0.3 is 6.03 Å². The van der Waals surface area contributed by atoms with Gasteiger partial charge in [0.1, 0.15) is 0 Å². The molecule has 0 radical (unpaired) electrons. The molecule has 0 saturated heterocycles. The molecule has 2 N–H and O–H groups in total. The highest BCUT2D eigenvalue weighted by Gasteiger charge is 2.51. The highest BCUT2D eigenvalue weighted by molar-refractivity contribution is 7.99. The number of thioether (sulfide) groups is 1. The van der Waals surface area contributed by atoms with Crippen molar-refractivity contribution in [2.45, 2.75) is 55.8 Å². The molecule has 174 valence electrons. The zero-order chi connectivity index (χ0) is 23.0. The van der Waals surface area contributed by atoms with Gasteiger partial charge in [-0.15, -0.1) is 16.8 Å². The Hall–Kier alpha value is -2.32. The summed E-state index contributed by atoms with van der Waals surface area (Å²) in [5.41, 5.74) is 0.754. The van der Waals surface area contributed by atoms with Crippen LogP contribution in [0, 0.1) is 17.8 Å². The second kappa shape index (κ2) is 9.14. The molecule has 0 atom stereocenters. The Morgan fingerprint density at radius 2 is 1.76 bits per heavy atom. The van der Waals surface area contributed by atoms with E-state index in [9.17, 15) is 9.59 Å². The van der Waals surface area contributed by atoms with E-state index in [0.29, 0.717) is 22.5 Å². The third kappa shape index (κ3) is 4.82. The lowest BCUT2D eigenvalue weighted by Gasteiger charge is -2.56. The Bertz CT molecular complexity index is 1030. The molecule has 4 bridgehead atoms. The van der Waals surface area contributed by atoms with Crippen LogP contribution in [-0.2, 0) is 11.3 Å². The minimum atomic E-state index is -0.378. The molecule has 4 fully saturated rings. The molecule has 0 spiro atoms. The number of nitrogens with one attached hydrogen (secondary N) is 2. The van der Waals surface area contributed by atoms with Gasteiger partial charge in [-0.1, -0.05) is 29.4 Å². The van der Waals surface area contributed by atoms with Crippen LogP contribution >= 0.6 is 23.4 Å². The second-order valence-electron chi connectivity index (χ2n) is 9.70. The Morgan fingerprint density at radius 1 is 1.12 bits per heavy atom. The van der Waals surface area contributed by atoms with Crippen LogP contribution < -0.4 is 10.6 Å². The first-order chi connectivity index (χ1) is 15.9. The molecule has 3 amide bonds. The number of hydrogen-bond acceptors (Lipinski definition) is 5. The van der Waals surface area contributed by atoms with Gasteiger partial charge < -0.3 is 5.32 Å². The van der Waals surface area contributed by atoms with Crippen LogP contribution in [0.25, 0.3) is 11.4 Å². The molecule has 4 aliphatic rings. The third-order valence-electron chi connectivity index (χ3n) is 7.13. The summed E-state index contributed by atoms with van der Waals surface area (Å²) in [5, 5.41) is 15.5. The first-order valence-corrected chi connectivity index (χ1v) is 12.8. The quantitative estimate of drug-likeness (QED) is 0.439. The van der Waals surface area contributed by atoms with Crippen LogP contribution in [0.15, 0.2) is 42.1 Å². The summed E-state index contributed by atoms with van der Waals surface area (Å²) in [4.78, 5) is 25.1. The number of aromatic nitrogens is 3. The number of allylic oxidation sites excluding steroid dienone is 1. The summed E-state index contributed by atoms with van der Waals surface area (Å²) < 4.78 is 1.89. The topological polar surface area (TPSA) is 88.9 Å². The number of benzene rings is 1. The van der Waals surface area contributed by atoms with Crippen molar-refractivity contribution in [3.63, 3.8) is 0 Å². The average Bonchev–Trinajstić information content (AvgIpc) is 3.14. The summed E-state index contributed by atoms with van der Waals surface area (Å²) in [5.74, 6) is 2.60. The number of nitrogens with zero attached hydrogens (tertiary/aromatic N) is 3. The second-order valence-corrected chi connectivity index (χ2v) is 11.1. The van der Waals surface area contributed by atoms with E-state index in [4.69, 9.17) is 11.6 Å². The SMILES string of the molecule is C=CCn1c(SCC(=O)NC(=O)NC23CC4CC(CC(C4)C2)C3)nnc1-c1ccc(Cl)cc1. The van der Waals surface area contributed by atoms with E-state index >= 15 is 0 Å². The zero-order valence-electron chi connectivity index (χ0n) is 18.4. The summed E-state index contributed by atoms with van der Waals surface area (Å²) >= 11 is 7.24. The number of halogens is 1. The van der Waals surface area contributed by atoms with Gasteiger partial charge in [-0.3, -0.25) is 14.7 Å². The highest BCUT2D eigenvalue weighted by atomic mass is 35.5. The van der Waals surface area contributed by atoms with Gasteiger partial charge in [-0.25, -0.2) is 4.79 Å². The maximum absolute atomic E-state index is 12.6. The summed E-state index contributed by atoms with van der Waals surface area (Å²) in [6, 6.07) is 6.97. The molecule has 0 unspecified atom stereocenters. The van der Waals surface area contributed by atoms with Crippen molar-refractivity contribution in [1.29, 1.82) is 0 Å². The minimum Gasteiger partial charge on any atom is -0.332 e. The Morgan fingerprint density at radius 3 is 2.36 bits per heavy atom. The normalized spacial score (nSPS) is 27.4. The summed E-state index contributed by atoms with van der Waals surface area (Å²) in [6.45, 7) is 4.31. The van der Waals surface area contributed by atoms with Crippen LogP contribution in [0.3, 0.4) is 0 Å². The van der Waals surface area contributed by atoms with E-state index in [1.807, 2.05) is 16.7 Å². The fourth-order valence-corrected chi connectivity index (χ4v) is 7.20. The van der Waals surface area contributed by atoms with Crippen molar-refractivity contribution in [3.8, 4) is 11.4 Å². The van der Waals surface area contributed by atoms with Gasteiger partial charge in [0, 0.05) is 22.7 Å². The first-order valence-electron chi connectivity index (χ1n) is 11.5. The molecular weight excluding hydrogens is 458 g/mol. The average molecular weight is 486 g/mol. The lowest BCUT2D eigenvalue weighted by atomic mass is 9.53. The van der Waals surface area contributed by atoms with E-state index in [0.717, 1.165) is 42.6 Å². The van der Waals surface area contributed by atoms with E-state index in [1.165, 1.54) is 31.0 Å². The molecule has 9 heteroatoms. The van der Waals surface area contributed by atoms with E-state index in [1.54, 1.807) is 18.2 Å². The van der Waals surface area contributed by atoms with Gasteiger partial charge in [0.25, 0.3) is 0 Å². The Kier molecular flexibility index (Phi) is 6.22. The molecule has 2 aromatic rings. The fraction of sp³-hybridized carbons (Fsp3) is 0.500. The number of imide groups is 1. The maximum atomic E-state index is 12.6. The molecule has 7 nitrogen and oxygen atoms in total. The molecule has 1 aromatic heterocycles. The number of hydrogen-bond donors (Lipinski definition) is 2. The number of carbonyl (C=O) groups excluding carboxylic acids is 2. The fourth-order valence-electron chi connectivity index (χ4n) is 6.33. The van der Waals surface area contributed by atoms with Gasteiger partial charge in [0.2, 0.25) is 5.91 Å². The van der Waals surface area contributed by atoms with Crippen molar-refractivity contribution in [2.24, 2.45) is 17.8 Å². The van der Waals surface area contributed by atoms with Crippen molar-refractivity contribution < 1.29 is 9.59 Å². The summed E-state index contributed by atoms with van der Waals surface area (Å²) in [6.07, 6.45) is 8.82. The molecule has 33 heavy (non-hydrogen) atoms. The lowest BCUT2D eigenvalue weighted by molar-refractivity contribution is -0.117. The first kappa shape index (κ1) is 22.5. The Labute approximate surface area is 202 Å². The zero-order valence-corrected chi connectivity index (χ0v) is 20.0. The lowest BCUT2D eigenvalue weighted by Crippen LogP contribution is -2.61. The van der Waals surface area contributed by atoms with Crippen LogP contribution in [-0.4, -0.2) is 38.0 Å². The predicted octanol–water partition coefficient (Wildman–Crippen LogP) is 4.67. The molecule has 0 aliphatic heterocycles. The van der Waals surface area contributed by atoms with Gasteiger partial charge in [-0.05, 0) is 80.5 Å². The van der Waals surface area contributed by atoms with Crippen LogP contribution in [0.5, 0.6) is 0 Å². The number of urea groups is 1. The van der Waals surface area contributed by atoms with Crippen molar-refractivity contribution in [2.75, 3.05) is 5.75 Å². The standard InChI is InChI=1S/C24H28ClN5O2S/c1-2-7-30-21(18-3-5-19(25)6-4-18)28-29-23(30)33-14-20(31)26-22(32)27-24-11-15-8-16(12-24)10-17(9-15)13-24/h2-6,15-17H,1,7-14H2,(H2,26,27,31,32). The third-order valence-corrected chi connectivity index (χ3v) is 8.35. The van der Waals surface area contributed by atoms with Crippen LogP contribution in [0.1, 0.15) is 38.5 Å². The van der Waals surface area contributed by atoms with Crippen LogP contribution in [0.2, 0.25) is 5.02 Å². The van der Waals surface area contributed by atoms with Crippen molar-refractivity contribution in [1.82, 2.24) is 25.4 Å². The van der Waals surface area contributed by atoms with Gasteiger partial charge in [0.15, 0.2) is 11.0 Å². The molecule has 4 saturated carbocycles. The minimum absolute atomic E-state index is 0.0736. The van der Waals surface area contributed by atoms with E-state index in [2.05, 4.69) is 27.4 Å². The monoisotopic (exact) mass is 485 g/mol. The summed E-state index contributed by atoms with van der Waals surface area (Å²) in [7, 11) is 0. The molecule has 1 aromatic carbocycles. The molecular formula is C24H28ClN5O2S. The van der Waals surface area contributed by atoms with E-state index < -0.39 is 0 Å². The van der Waals surface area contributed by atoms with Crippen molar-refractivity contribution in [3.05, 3.63) is 41.9 Å². The highest BCUT2D eigenvalue weighted by Crippen LogP contribution is 2.55. The Balaban J connectivity index is 1.18. The van der Waals surface area contributed by atoms with Crippen molar-refractivity contribution >= 4 is 35.3 Å².